The molecule has 0 radical (unpaired) electrons. The minimum atomic E-state index is -1.40. The fourth-order valence-electron chi connectivity index (χ4n) is 3.68. The molecule has 12 heteroatoms. The van der Waals surface area contributed by atoms with E-state index in [9.17, 15) is 18.4 Å². The number of hydrogen-bond donors (Lipinski definition) is 1. The van der Waals surface area contributed by atoms with Crippen LogP contribution in [0.2, 0.25) is 5.28 Å². The lowest BCUT2D eigenvalue weighted by atomic mass is 10.1. The molecule has 9 nitrogen and oxygen atoms in total. The molecule has 0 saturated heterocycles. The standard InChI is InChI=1S/C27H34ClF2N5O4/c1-16(29)20(31-24(36)38-26(2,3)4)12-18-13-21-22(32-23(28)33-35(21)15-18)34(25(37)39-27(5,6)7)14-17-8-10-19(30)11-9-17/h8-11,13,15-16,20H,12,14H2,1-7H3,(H,31,36)/t16-,20+/m0/s1. The number of hydrogen-bond acceptors (Lipinski definition) is 6. The van der Waals surface area contributed by atoms with Crippen LogP contribution in [0.3, 0.4) is 0 Å². The smallest absolute Gasteiger partial charge is 0.416 e. The lowest BCUT2D eigenvalue weighted by Crippen LogP contribution is -2.44. The molecule has 3 rings (SSSR count). The minimum absolute atomic E-state index is 0.00302. The van der Waals surface area contributed by atoms with Gasteiger partial charge in [-0.15, -0.1) is 5.10 Å². The maximum Gasteiger partial charge on any atom is 0.416 e. The van der Waals surface area contributed by atoms with Crippen LogP contribution < -0.4 is 10.2 Å². The summed E-state index contributed by atoms with van der Waals surface area (Å²) in [6, 6.07) is 6.45. The van der Waals surface area contributed by atoms with Crippen LogP contribution in [0.1, 0.15) is 59.6 Å². The van der Waals surface area contributed by atoms with Gasteiger partial charge in [0.15, 0.2) is 5.82 Å². The zero-order valence-corrected chi connectivity index (χ0v) is 23.8. The number of benzene rings is 1. The molecule has 0 spiro atoms. The molecule has 2 aromatic heterocycles. The fraction of sp³-hybridized carbons (Fsp3) is 0.481. The Kier molecular flexibility index (Phi) is 9.05. The van der Waals surface area contributed by atoms with Gasteiger partial charge in [0.2, 0.25) is 5.28 Å². The average molecular weight is 566 g/mol. The number of carbonyl (C=O) groups excluding carboxylic acids is 2. The number of nitrogens with one attached hydrogen (secondary N) is 1. The second-order valence-corrected chi connectivity index (χ2v) is 11.5. The van der Waals surface area contributed by atoms with Gasteiger partial charge in [0, 0.05) is 6.20 Å². The summed E-state index contributed by atoms with van der Waals surface area (Å²) in [7, 11) is 0. The molecule has 1 N–H and O–H groups in total. The van der Waals surface area contributed by atoms with E-state index in [1.54, 1.807) is 65.9 Å². The van der Waals surface area contributed by atoms with Crippen LogP contribution in [0.4, 0.5) is 24.2 Å². The Morgan fingerprint density at radius 1 is 1.08 bits per heavy atom. The van der Waals surface area contributed by atoms with Crippen molar-refractivity contribution < 1.29 is 27.8 Å². The van der Waals surface area contributed by atoms with Crippen molar-refractivity contribution in [1.82, 2.24) is 19.9 Å². The number of halogens is 3. The quantitative estimate of drug-likeness (QED) is 0.363. The first kappa shape index (κ1) is 30.1. The van der Waals surface area contributed by atoms with Gasteiger partial charge >= 0.3 is 12.2 Å². The summed E-state index contributed by atoms with van der Waals surface area (Å²) in [4.78, 5) is 31.2. The maximum absolute atomic E-state index is 14.5. The van der Waals surface area contributed by atoms with Crippen molar-refractivity contribution >= 4 is 35.1 Å². The molecule has 2 amide bonds. The number of aromatic nitrogens is 3. The zero-order valence-electron chi connectivity index (χ0n) is 23.1. The number of alkyl carbamates (subject to hydrolysis) is 1. The van der Waals surface area contributed by atoms with Crippen molar-refractivity contribution in [1.29, 1.82) is 0 Å². The Bertz CT molecular complexity index is 1320. The van der Waals surface area contributed by atoms with Crippen LogP contribution in [0.15, 0.2) is 36.5 Å². The Labute approximate surface area is 231 Å². The van der Waals surface area contributed by atoms with Crippen molar-refractivity contribution in [2.45, 2.75) is 84.8 Å². The molecule has 1 aromatic carbocycles. The van der Waals surface area contributed by atoms with Crippen LogP contribution in [0.25, 0.3) is 5.52 Å². The summed E-state index contributed by atoms with van der Waals surface area (Å²) in [6.45, 7) is 11.7. The number of anilines is 1. The number of alkyl halides is 1. The van der Waals surface area contributed by atoms with E-state index >= 15 is 0 Å². The molecule has 0 aliphatic carbocycles. The van der Waals surface area contributed by atoms with Crippen molar-refractivity contribution in [3.8, 4) is 0 Å². The number of carbonyl (C=O) groups is 2. The van der Waals surface area contributed by atoms with E-state index in [0.717, 1.165) is 0 Å². The first-order valence-electron chi connectivity index (χ1n) is 12.4. The molecule has 0 bridgehead atoms. The molecular formula is C27H34ClF2N5O4. The predicted molar refractivity (Wildman–Crippen MR) is 144 cm³/mol. The van der Waals surface area contributed by atoms with Gasteiger partial charge in [-0.25, -0.2) is 22.9 Å². The summed E-state index contributed by atoms with van der Waals surface area (Å²) in [5, 5.41) is 6.62. The highest BCUT2D eigenvalue weighted by Gasteiger charge is 2.29. The highest BCUT2D eigenvalue weighted by Crippen LogP contribution is 2.27. The van der Waals surface area contributed by atoms with Gasteiger partial charge in [0.1, 0.15) is 28.7 Å². The average Bonchev–Trinajstić information content (AvgIpc) is 3.17. The number of fused-ring (bicyclic) bond motifs is 1. The molecular weight excluding hydrogens is 532 g/mol. The monoisotopic (exact) mass is 565 g/mol. The number of amides is 2. The van der Waals surface area contributed by atoms with Gasteiger partial charge in [-0.3, -0.25) is 4.90 Å². The Morgan fingerprint density at radius 3 is 2.26 bits per heavy atom. The van der Waals surface area contributed by atoms with E-state index in [2.05, 4.69) is 15.4 Å². The molecule has 0 aliphatic heterocycles. The fourth-order valence-corrected chi connectivity index (χ4v) is 3.84. The Hall–Kier alpha value is -3.47. The van der Waals surface area contributed by atoms with Gasteiger partial charge in [-0.2, -0.15) is 4.98 Å². The van der Waals surface area contributed by atoms with E-state index < -0.39 is 41.4 Å². The molecule has 212 valence electrons. The van der Waals surface area contributed by atoms with Crippen molar-refractivity contribution in [3.63, 3.8) is 0 Å². The van der Waals surface area contributed by atoms with Crippen molar-refractivity contribution in [2.24, 2.45) is 0 Å². The second-order valence-electron chi connectivity index (χ2n) is 11.2. The summed E-state index contributed by atoms with van der Waals surface area (Å²) in [5.74, 6) is -0.271. The molecule has 3 aromatic rings. The van der Waals surface area contributed by atoms with Gasteiger partial charge < -0.3 is 14.8 Å². The van der Waals surface area contributed by atoms with Crippen molar-refractivity contribution in [2.75, 3.05) is 4.90 Å². The number of rotatable bonds is 7. The van der Waals surface area contributed by atoms with Crippen LogP contribution in [0, 0.1) is 5.82 Å². The van der Waals surface area contributed by atoms with Gasteiger partial charge in [-0.05, 0) is 95.8 Å². The normalized spacial score (nSPS) is 13.6. The summed E-state index contributed by atoms with van der Waals surface area (Å²) >= 11 is 6.22. The zero-order chi connectivity index (χ0) is 29.1. The van der Waals surface area contributed by atoms with E-state index in [0.29, 0.717) is 16.6 Å². The highest BCUT2D eigenvalue weighted by atomic mass is 35.5. The first-order valence-corrected chi connectivity index (χ1v) is 12.8. The third-order valence-corrected chi connectivity index (χ3v) is 5.47. The maximum atomic E-state index is 14.5. The second kappa shape index (κ2) is 11.7. The highest BCUT2D eigenvalue weighted by molar-refractivity contribution is 6.28. The topological polar surface area (TPSA) is 98.1 Å². The molecule has 39 heavy (non-hydrogen) atoms. The van der Waals surface area contributed by atoms with Gasteiger partial charge in [0.25, 0.3) is 0 Å². The molecule has 2 heterocycles. The molecule has 0 aliphatic rings. The SMILES string of the molecule is C[C@H](F)[C@@H](Cc1cc2c(N(Cc3ccc(F)cc3)C(=O)OC(C)(C)C)nc(Cl)nn2c1)NC(=O)OC(C)(C)C. The Morgan fingerprint density at radius 2 is 1.69 bits per heavy atom. The lowest BCUT2D eigenvalue weighted by molar-refractivity contribution is 0.0476. The molecule has 0 fully saturated rings. The largest absolute Gasteiger partial charge is 0.444 e. The van der Waals surface area contributed by atoms with E-state index in [1.807, 2.05) is 0 Å². The number of nitrogens with zero attached hydrogens (tertiary/aromatic N) is 4. The molecule has 0 unspecified atom stereocenters. The molecule has 0 saturated carbocycles. The molecule has 2 atom stereocenters. The van der Waals surface area contributed by atoms with Gasteiger partial charge in [0.05, 0.1) is 12.6 Å². The Balaban J connectivity index is 1.99. The van der Waals surface area contributed by atoms with E-state index in [-0.39, 0.29) is 24.1 Å². The predicted octanol–water partition coefficient (Wildman–Crippen LogP) is 6.26. The minimum Gasteiger partial charge on any atom is -0.444 e. The van der Waals surface area contributed by atoms with E-state index in [4.69, 9.17) is 21.1 Å². The summed E-state index contributed by atoms with van der Waals surface area (Å²) in [6.07, 6.45) is -1.12. The summed E-state index contributed by atoms with van der Waals surface area (Å²) < 4.78 is 40.3. The van der Waals surface area contributed by atoms with E-state index in [1.165, 1.54) is 28.5 Å². The van der Waals surface area contributed by atoms with Crippen LogP contribution in [0.5, 0.6) is 0 Å². The third-order valence-electron chi connectivity index (χ3n) is 5.31. The van der Waals surface area contributed by atoms with Crippen LogP contribution in [-0.4, -0.2) is 50.2 Å². The van der Waals surface area contributed by atoms with Crippen LogP contribution >= 0.6 is 11.6 Å². The van der Waals surface area contributed by atoms with Crippen molar-refractivity contribution in [3.05, 3.63) is 58.8 Å². The van der Waals surface area contributed by atoms with Crippen LogP contribution in [-0.2, 0) is 22.4 Å². The lowest BCUT2D eigenvalue weighted by Gasteiger charge is -2.27. The van der Waals surface area contributed by atoms with Gasteiger partial charge in [-0.1, -0.05) is 12.1 Å². The summed E-state index contributed by atoms with van der Waals surface area (Å²) in [5.41, 5.74) is 0.0653. The first-order chi connectivity index (χ1) is 18.0. The third kappa shape index (κ3) is 8.77. The number of ether oxygens (including phenoxy) is 2.